The molecule has 0 spiro atoms. The molecule has 2 rings (SSSR count). The molecule has 1 aromatic heterocycles. The van der Waals surface area contributed by atoms with Crippen LogP contribution in [0.5, 0.6) is 0 Å². The topological polar surface area (TPSA) is 67.3 Å². The molecule has 0 aliphatic carbocycles. The Hall–Kier alpha value is -0.950. The molecule has 0 aliphatic rings. The lowest BCUT2D eigenvalue weighted by Gasteiger charge is -2.09. The van der Waals surface area contributed by atoms with Crippen molar-refractivity contribution >= 4 is 44.3 Å². The molecule has 102 valence electrons. The van der Waals surface area contributed by atoms with E-state index in [9.17, 15) is 0 Å². The first kappa shape index (κ1) is 14.5. The fourth-order valence-corrected chi connectivity index (χ4v) is 2.15. The SMILES string of the molecule is OCCOCCNc1nc(Cl)nc2ccc(Br)cc12. The van der Waals surface area contributed by atoms with Gasteiger partial charge in [-0.15, -0.1) is 0 Å². The van der Waals surface area contributed by atoms with Crippen molar-refractivity contribution in [2.24, 2.45) is 0 Å². The van der Waals surface area contributed by atoms with Gasteiger partial charge in [-0.25, -0.2) is 9.97 Å². The number of rotatable bonds is 6. The van der Waals surface area contributed by atoms with E-state index < -0.39 is 0 Å². The van der Waals surface area contributed by atoms with E-state index in [0.717, 1.165) is 15.4 Å². The van der Waals surface area contributed by atoms with E-state index in [1.165, 1.54) is 0 Å². The summed E-state index contributed by atoms with van der Waals surface area (Å²) < 4.78 is 6.12. The van der Waals surface area contributed by atoms with Gasteiger partial charge in [-0.1, -0.05) is 15.9 Å². The van der Waals surface area contributed by atoms with Crippen molar-refractivity contribution in [3.05, 3.63) is 28.0 Å². The highest BCUT2D eigenvalue weighted by molar-refractivity contribution is 9.10. The average molecular weight is 347 g/mol. The molecule has 0 saturated heterocycles. The Morgan fingerprint density at radius 3 is 2.95 bits per heavy atom. The Balaban J connectivity index is 2.14. The summed E-state index contributed by atoms with van der Waals surface area (Å²) in [6.45, 7) is 1.42. The number of aliphatic hydroxyl groups is 1. The summed E-state index contributed by atoms with van der Waals surface area (Å²) in [4.78, 5) is 8.34. The molecule has 0 aliphatic heterocycles. The first-order valence-corrected chi connectivity index (χ1v) is 6.93. The van der Waals surface area contributed by atoms with Crippen molar-refractivity contribution in [3.63, 3.8) is 0 Å². The van der Waals surface area contributed by atoms with E-state index in [4.69, 9.17) is 21.4 Å². The molecule has 0 fully saturated rings. The molecule has 1 heterocycles. The highest BCUT2D eigenvalue weighted by Gasteiger charge is 2.06. The molecular weight excluding hydrogens is 334 g/mol. The zero-order valence-corrected chi connectivity index (χ0v) is 12.4. The maximum absolute atomic E-state index is 8.60. The molecule has 5 nitrogen and oxygen atoms in total. The highest BCUT2D eigenvalue weighted by Crippen LogP contribution is 2.25. The third kappa shape index (κ3) is 4.01. The Morgan fingerprint density at radius 2 is 2.16 bits per heavy atom. The monoisotopic (exact) mass is 345 g/mol. The summed E-state index contributed by atoms with van der Waals surface area (Å²) in [6, 6.07) is 5.71. The van der Waals surface area contributed by atoms with Crippen molar-refractivity contribution in [2.75, 3.05) is 31.7 Å². The number of nitrogens with zero attached hydrogens (tertiary/aromatic N) is 2. The van der Waals surface area contributed by atoms with Gasteiger partial charge in [-0.05, 0) is 29.8 Å². The van der Waals surface area contributed by atoms with Crippen LogP contribution in [-0.2, 0) is 4.74 Å². The third-order valence-electron chi connectivity index (χ3n) is 2.40. The minimum atomic E-state index is 0.0230. The van der Waals surface area contributed by atoms with Crippen LogP contribution < -0.4 is 5.32 Å². The minimum absolute atomic E-state index is 0.0230. The highest BCUT2D eigenvalue weighted by atomic mass is 79.9. The number of nitrogens with one attached hydrogen (secondary N) is 1. The van der Waals surface area contributed by atoms with Crippen LogP contribution in [0.15, 0.2) is 22.7 Å². The lowest BCUT2D eigenvalue weighted by atomic mass is 10.2. The van der Waals surface area contributed by atoms with Crippen LogP contribution in [0.1, 0.15) is 0 Å². The first-order chi connectivity index (χ1) is 9.20. The first-order valence-electron chi connectivity index (χ1n) is 5.76. The zero-order chi connectivity index (χ0) is 13.7. The maximum Gasteiger partial charge on any atom is 0.224 e. The van der Waals surface area contributed by atoms with Crippen LogP contribution in [0.4, 0.5) is 5.82 Å². The summed E-state index contributed by atoms with van der Waals surface area (Å²) in [6.07, 6.45) is 0. The molecule has 7 heteroatoms. The molecular formula is C12H13BrClN3O2. The molecule has 0 atom stereocenters. The molecule has 2 aromatic rings. The van der Waals surface area contributed by atoms with Gasteiger partial charge in [0.25, 0.3) is 0 Å². The molecule has 19 heavy (non-hydrogen) atoms. The number of aliphatic hydroxyl groups excluding tert-OH is 1. The van der Waals surface area contributed by atoms with Gasteiger partial charge in [-0.3, -0.25) is 0 Å². The van der Waals surface area contributed by atoms with Crippen molar-refractivity contribution in [3.8, 4) is 0 Å². The van der Waals surface area contributed by atoms with Gasteiger partial charge < -0.3 is 15.2 Å². The summed E-state index contributed by atoms with van der Waals surface area (Å²) in [5.74, 6) is 0.670. The van der Waals surface area contributed by atoms with E-state index >= 15 is 0 Å². The number of halogens is 2. The lowest BCUT2D eigenvalue weighted by Crippen LogP contribution is -2.12. The molecule has 0 amide bonds. The van der Waals surface area contributed by atoms with E-state index in [0.29, 0.717) is 25.6 Å². The van der Waals surface area contributed by atoms with Crippen molar-refractivity contribution < 1.29 is 9.84 Å². The Morgan fingerprint density at radius 1 is 1.32 bits per heavy atom. The van der Waals surface area contributed by atoms with Gasteiger partial charge in [0.15, 0.2) is 0 Å². The number of aromatic nitrogens is 2. The standard InChI is InChI=1S/C12H13BrClN3O2/c13-8-1-2-10-9(7-8)11(17-12(14)16-10)15-3-5-19-6-4-18/h1-2,7,18H,3-6H2,(H,15,16,17). The number of ether oxygens (including phenoxy) is 1. The predicted molar refractivity (Wildman–Crippen MR) is 78.6 cm³/mol. The molecule has 0 saturated carbocycles. The third-order valence-corrected chi connectivity index (χ3v) is 3.07. The maximum atomic E-state index is 8.60. The van der Waals surface area contributed by atoms with Crippen molar-refractivity contribution in [1.82, 2.24) is 9.97 Å². The molecule has 0 bridgehead atoms. The van der Waals surface area contributed by atoms with Gasteiger partial charge in [0.2, 0.25) is 5.28 Å². The summed E-state index contributed by atoms with van der Waals surface area (Å²) in [5.41, 5.74) is 0.780. The number of hydrogen-bond acceptors (Lipinski definition) is 5. The minimum Gasteiger partial charge on any atom is -0.394 e. The van der Waals surface area contributed by atoms with Crippen LogP contribution in [0.3, 0.4) is 0 Å². The lowest BCUT2D eigenvalue weighted by molar-refractivity contribution is 0.0992. The molecule has 0 radical (unpaired) electrons. The van der Waals surface area contributed by atoms with Gasteiger partial charge in [-0.2, -0.15) is 0 Å². The van der Waals surface area contributed by atoms with Crippen LogP contribution in [0.25, 0.3) is 10.9 Å². The van der Waals surface area contributed by atoms with Crippen molar-refractivity contribution in [2.45, 2.75) is 0 Å². The fourth-order valence-electron chi connectivity index (χ4n) is 1.62. The Kier molecular flexibility index (Phi) is 5.33. The van der Waals surface area contributed by atoms with E-state index in [-0.39, 0.29) is 11.9 Å². The largest absolute Gasteiger partial charge is 0.394 e. The molecule has 1 aromatic carbocycles. The second kappa shape index (κ2) is 7.00. The van der Waals surface area contributed by atoms with Gasteiger partial charge in [0.1, 0.15) is 5.82 Å². The quantitative estimate of drug-likeness (QED) is 0.621. The normalized spacial score (nSPS) is 10.9. The number of benzene rings is 1. The summed E-state index contributed by atoms with van der Waals surface area (Å²) in [7, 11) is 0. The Labute approximate surface area is 124 Å². The van der Waals surface area contributed by atoms with Crippen LogP contribution >= 0.6 is 27.5 Å². The second-order valence-corrected chi connectivity index (χ2v) is 5.02. The number of fused-ring (bicyclic) bond motifs is 1. The molecule has 0 unspecified atom stereocenters. The Bertz CT molecular complexity index is 568. The second-order valence-electron chi connectivity index (χ2n) is 3.77. The summed E-state index contributed by atoms with van der Waals surface area (Å²) >= 11 is 9.31. The van der Waals surface area contributed by atoms with E-state index in [1.807, 2.05) is 18.2 Å². The van der Waals surface area contributed by atoms with E-state index in [2.05, 4.69) is 31.2 Å². The fraction of sp³-hybridized carbons (Fsp3) is 0.333. The average Bonchev–Trinajstić information content (AvgIpc) is 2.39. The summed E-state index contributed by atoms with van der Waals surface area (Å²) in [5, 5.41) is 12.8. The van der Waals surface area contributed by atoms with Crippen LogP contribution in [-0.4, -0.2) is 41.4 Å². The van der Waals surface area contributed by atoms with Crippen molar-refractivity contribution in [1.29, 1.82) is 0 Å². The zero-order valence-electron chi connectivity index (χ0n) is 10.1. The smallest absolute Gasteiger partial charge is 0.224 e. The van der Waals surface area contributed by atoms with Gasteiger partial charge in [0, 0.05) is 16.4 Å². The number of hydrogen-bond donors (Lipinski definition) is 2. The van der Waals surface area contributed by atoms with Gasteiger partial charge in [0.05, 0.1) is 25.3 Å². The molecule has 2 N–H and O–H groups in total. The van der Waals surface area contributed by atoms with Gasteiger partial charge >= 0.3 is 0 Å². The number of anilines is 1. The van der Waals surface area contributed by atoms with E-state index in [1.54, 1.807) is 0 Å². The van der Waals surface area contributed by atoms with Crippen LogP contribution in [0.2, 0.25) is 5.28 Å². The predicted octanol–water partition coefficient (Wildman–Crippen LogP) is 2.47. The van der Waals surface area contributed by atoms with Crippen LogP contribution in [0, 0.1) is 0 Å².